The Balaban J connectivity index is 2.75. The Kier molecular flexibility index (Phi) is 24.8. The lowest BCUT2D eigenvalue weighted by atomic mass is 10.0. The molecule has 1 aromatic rings. The lowest BCUT2D eigenvalue weighted by molar-refractivity contribution is 0.0448. The van der Waals surface area contributed by atoms with E-state index in [4.69, 9.17) is 14.2 Å². The second-order valence-electron chi connectivity index (χ2n) is 9.97. The molecular weight excluding hydrogens is 936 g/mol. The second-order valence-corrected chi connectivity index (χ2v) is 15.8. The van der Waals surface area contributed by atoms with Crippen LogP contribution in [0.5, 0.6) is 0 Å². The maximum Gasteiger partial charge on any atom is 0.339 e. The quantitative estimate of drug-likeness (QED) is 0.0445. The van der Waals surface area contributed by atoms with Crippen LogP contribution in [0, 0.1) is 0 Å². The van der Waals surface area contributed by atoms with E-state index in [0.717, 1.165) is 86.6 Å². The molecule has 0 bridgehead atoms. The number of alkyl halides is 6. The Morgan fingerprint density at radius 2 is 0.905 bits per heavy atom. The van der Waals surface area contributed by atoms with E-state index in [1.54, 1.807) is 0 Å². The van der Waals surface area contributed by atoms with Gasteiger partial charge in [-0.25, -0.2) is 14.4 Å². The molecule has 0 fully saturated rings. The molecule has 0 aliphatic rings. The Labute approximate surface area is 301 Å². The van der Waals surface area contributed by atoms with Crippen LogP contribution >= 0.6 is 95.6 Å². The summed E-state index contributed by atoms with van der Waals surface area (Å²) in [5.41, 5.74) is 0.311. The minimum absolute atomic E-state index is 0.0202. The molecule has 240 valence electrons. The number of unbranched alkanes of at least 4 members (excludes halogenated alkanes) is 6. The molecule has 6 nitrogen and oxygen atoms in total. The lowest BCUT2D eigenvalue weighted by Gasteiger charge is -2.12. The molecule has 0 amide bonds. The molecule has 0 saturated carbocycles. The molecule has 3 unspecified atom stereocenters. The number of halogens is 6. The first-order valence-corrected chi connectivity index (χ1v) is 20.6. The summed E-state index contributed by atoms with van der Waals surface area (Å²) in [6, 6.07) is 4.33. The van der Waals surface area contributed by atoms with Gasteiger partial charge in [0.2, 0.25) is 0 Å². The van der Waals surface area contributed by atoms with Gasteiger partial charge in [0.05, 0.1) is 36.5 Å². The molecule has 3 atom stereocenters. The SMILES string of the molecule is O=C(OCCCCCC(Br)CBr)c1ccc(C(=O)OCCCCCC(Br)CBr)c(C(=O)OCCCCCC(Br)CBr)c1. The van der Waals surface area contributed by atoms with Gasteiger partial charge in [0.15, 0.2) is 0 Å². The van der Waals surface area contributed by atoms with Crippen molar-refractivity contribution in [3.05, 3.63) is 34.9 Å². The molecule has 12 heteroatoms. The Morgan fingerprint density at radius 3 is 1.31 bits per heavy atom. The predicted molar refractivity (Wildman–Crippen MR) is 192 cm³/mol. The van der Waals surface area contributed by atoms with Crippen LogP contribution in [-0.4, -0.2) is 68.2 Å². The number of esters is 3. The van der Waals surface area contributed by atoms with Crippen LogP contribution < -0.4 is 0 Å². The van der Waals surface area contributed by atoms with Gasteiger partial charge in [0, 0.05) is 30.5 Å². The summed E-state index contributed by atoms with van der Waals surface area (Å²) in [6.45, 7) is 0.781. The first-order valence-electron chi connectivity index (χ1n) is 14.5. The molecule has 0 heterocycles. The highest BCUT2D eigenvalue weighted by atomic mass is 79.9. The highest BCUT2D eigenvalue weighted by Gasteiger charge is 2.22. The van der Waals surface area contributed by atoms with Gasteiger partial charge in [-0.05, 0) is 56.7 Å². The third kappa shape index (κ3) is 18.5. The summed E-state index contributed by atoms with van der Waals surface area (Å²) < 4.78 is 16.4. The highest BCUT2D eigenvalue weighted by molar-refractivity contribution is 9.12. The van der Waals surface area contributed by atoms with Gasteiger partial charge >= 0.3 is 17.9 Å². The summed E-state index contributed by atoms with van der Waals surface area (Å²) in [5.74, 6) is -1.79. The van der Waals surface area contributed by atoms with E-state index < -0.39 is 17.9 Å². The molecule has 0 saturated heterocycles. The van der Waals surface area contributed by atoms with Crippen molar-refractivity contribution in [2.45, 2.75) is 91.5 Å². The molecule has 1 aromatic carbocycles. The van der Waals surface area contributed by atoms with Crippen molar-refractivity contribution in [3.8, 4) is 0 Å². The van der Waals surface area contributed by atoms with Crippen molar-refractivity contribution in [1.29, 1.82) is 0 Å². The van der Waals surface area contributed by atoms with Gasteiger partial charge < -0.3 is 14.2 Å². The number of carbonyl (C=O) groups excluding carboxylic acids is 3. The van der Waals surface area contributed by atoms with Crippen LogP contribution in [0.4, 0.5) is 0 Å². The number of hydrogen-bond donors (Lipinski definition) is 0. The number of hydrogen-bond acceptors (Lipinski definition) is 6. The van der Waals surface area contributed by atoms with Crippen molar-refractivity contribution < 1.29 is 28.6 Å². The number of ether oxygens (including phenoxy) is 3. The van der Waals surface area contributed by atoms with Crippen LogP contribution in [0.15, 0.2) is 18.2 Å². The standard InChI is InChI=1S/C30H42Br6O6/c31-19-23(34)10-4-1-7-15-40-28(37)22-13-14-26(29(38)41-16-8-2-5-11-24(35)20-32)27(18-22)30(39)42-17-9-3-6-12-25(36)21-33/h13-14,18,23-25H,1-12,15-17,19-21H2. The zero-order chi connectivity index (χ0) is 31.2. The van der Waals surface area contributed by atoms with Crippen molar-refractivity contribution in [2.24, 2.45) is 0 Å². The van der Waals surface area contributed by atoms with Gasteiger partial charge in [-0.2, -0.15) is 0 Å². The van der Waals surface area contributed by atoms with Crippen LogP contribution in [0.2, 0.25) is 0 Å². The average molecular weight is 978 g/mol. The third-order valence-electron chi connectivity index (χ3n) is 6.38. The first kappa shape index (κ1) is 40.5. The van der Waals surface area contributed by atoms with Gasteiger partial charge in [-0.1, -0.05) is 134 Å². The predicted octanol–water partition coefficient (Wildman–Crippen LogP) is 10.3. The van der Waals surface area contributed by atoms with Gasteiger partial charge in [-0.15, -0.1) is 0 Å². The number of carbonyl (C=O) groups is 3. The van der Waals surface area contributed by atoms with E-state index in [9.17, 15) is 14.4 Å². The summed E-state index contributed by atoms with van der Waals surface area (Å²) in [7, 11) is 0. The summed E-state index contributed by atoms with van der Waals surface area (Å²) >= 11 is 21.1. The zero-order valence-corrected chi connectivity index (χ0v) is 33.4. The van der Waals surface area contributed by atoms with Gasteiger partial charge in [-0.3, -0.25) is 0 Å². The minimum Gasteiger partial charge on any atom is -0.462 e. The Morgan fingerprint density at radius 1 is 0.524 bits per heavy atom. The van der Waals surface area contributed by atoms with Crippen LogP contribution in [0.3, 0.4) is 0 Å². The molecule has 0 N–H and O–H groups in total. The third-order valence-corrected chi connectivity index (χ3v) is 13.7. The molecule has 0 radical (unpaired) electrons. The van der Waals surface area contributed by atoms with E-state index in [1.165, 1.54) is 18.2 Å². The molecular formula is C30H42Br6O6. The monoisotopic (exact) mass is 972 g/mol. The maximum absolute atomic E-state index is 13.0. The number of benzene rings is 1. The molecule has 0 aromatic heterocycles. The topological polar surface area (TPSA) is 78.9 Å². The second kappa shape index (κ2) is 25.7. The van der Waals surface area contributed by atoms with E-state index in [1.807, 2.05) is 0 Å². The number of rotatable bonds is 24. The zero-order valence-electron chi connectivity index (χ0n) is 23.9. The van der Waals surface area contributed by atoms with Gasteiger partial charge in [0.1, 0.15) is 0 Å². The molecule has 0 aliphatic heterocycles. The Hall–Kier alpha value is 0.510. The average Bonchev–Trinajstić information content (AvgIpc) is 3.00. The fourth-order valence-corrected chi connectivity index (χ4v) is 5.86. The summed E-state index contributed by atoms with van der Waals surface area (Å²) in [4.78, 5) is 40.0. The summed E-state index contributed by atoms with van der Waals surface area (Å²) in [6.07, 6.45) is 11.2. The fourth-order valence-electron chi connectivity index (χ4n) is 3.92. The highest BCUT2D eigenvalue weighted by Crippen LogP contribution is 2.19. The maximum atomic E-state index is 13.0. The first-order chi connectivity index (χ1) is 20.2. The van der Waals surface area contributed by atoms with Crippen molar-refractivity contribution in [1.82, 2.24) is 0 Å². The van der Waals surface area contributed by atoms with E-state index in [0.29, 0.717) is 27.5 Å². The molecule has 0 aliphatic carbocycles. The van der Waals surface area contributed by atoms with Crippen LogP contribution in [0.1, 0.15) is 108 Å². The van der Waals surface area contributed by atoms with Crippen LogP contribution in [-0.2, 0) is 14.2 Å². The van der Waals surface area contributed by atoms with E-state index in [-0.39, 0.29) is 29.9 Å². The van der Waals surface area contributed by atoms with Gasteiger partial charge in [0.25, 0.3) is 0 Å². The van der Waals surface area contributed by atoms with Crippen LogP contribution in [0.25, 0.3) is 0 Å². The normalized spacial score (nSPS) is 13.3. The largest absolute Gasteiger partial charge is 0.462 e. The summed E-state index contributed by atoms with van der Waals surface area (Å²) in [5, 5.41) is 2.69. The van der Waals surface area contributed by atoms with Crippen molar-refractivity contribution in [2.75, 3.05) is 35.8 Å². The van der Waals surface area contributed by atoms with Crippen molar-refractivity contribution in [3.63, 3.8) is 0 Å². The molecule has 0 spiro atoms. The fraction of sp³-hybridized carbons (Fsp3) is 0.700. The lowest BCUT2D eigenvalue weighted by Crippen LogP contribution is -2.17. The Bertz CT molecular complexity index is 918. The van der Waals surface area contributed by atoms with E-state index >= 15 is 0 Å². The molecule has 42 heavy (non-hydrogen) atoms. The molecule has 1 rings (SSSR count). The van der Waals surface area contributed by atoms with E-state index in [2.05, 4.69) is 95.6 Å². The van der Waals surface area contributed by atoms with Crippen molar-refractivity contribution >= 4 is 113 Å². The minimum atomic E-state index is -0.648. The smallest absolute Gasteiger partial charge is 0.339 e.